The van der Waals surface area contributed by atoms with E-state index in [1.807, 2.05) is 18.2 Å². The summed E-state index contributed by atoms with van der Waals surface area (Å²) < 4.78 is 12.5. The third kappa shape index (κ3) is 5.04. The summed E-state index contributed by atoms with van der Waals surface area (Å²) in [5.74, 6) is 1.19. The lowest BCUT2D eigenvalue weighted by molar-refractivity contribution is 0.129. The van der Waals surface area contributed by atoms with Crippen molar-refractivity contribution < 1.29 is 4.74 Å². The van der Waals surface area contributed by atoms with Crippen molar-refractivity contribution in [1.29, 1.82) is 0 Å². The lowest BCUT2D eigenvalue weighted by Crippen LogP contribution is -2.47. The van der Waals surface area contributed by atoms with Crippen LogP contribution in [0.25, 0.3) is 0 Å². The zero-order valence-electron chi connectivity index (χ0n) is 16.5. The minimum absolute atomic E-state index is 0.311. The highest BCUT2D eigenvalue weighted by atomic mass is 127. The summed E-state index contributed by atoms with van der Waals surface area (Å²) in [5, 5.41) is 0. The third-order valence-electron chi connectivity index (χ3n) is 5.80. The molecule has 0 unspecified atom stereocenters. The minimum atomic E-state index is 0.311. The molecule has 0 spiro atoms. The summed E-state index contributed by atoms with van der Waals surface area (Å²) in [4.78, 5) is 0. The fourth-order valence-electron chi connectivity index (χ4n) is 4.42. The van der Waals surface area contributed by atoms with Crippen LogP contribution in [0.4, 0.5) is 0 Å². The molecule has 0 N–H and O–H groups in total. The molecule has 30 heavy (non-hydrogen) atoms. The van der Waals surface area contributed by atoms with Gasteiger partial charge in [-0.1, -0.05) is 58.4 Å². The van der Waals surface area contributed by atoms with E-state index in [4.69, 9.17) is 4.74 Å². The highest BCUT2D eigenvalue weighted by Crippen LogP contribution is 2.51. The lowest BCUT2D eigenvalue weighted by Gasteiger charge is -2.48. The van der Waals surface area contributed by atoms with E-state index in [9.17, 15) is 0 Å². The summed E-state index contributed by atoms with van der Waals surface area (Å²) in [7, 11) is 3.65. The molecule has 4 rings (SSSR count). The first-order chi connectivity index (χ1) is 14.7. The molecule has 2 aliphatic rings. The van der Waals surface area contributed by atoms with Crippen LogP contribution in [-0.4, -0.2) is 27.8 Å². The maximum Gasteiger partial charge on any atom is 0.1000 e. The third-order valence-corrected chi connectivity index (χ3v) is 10.4. The van der Waals surface area contributed by atoms with Gasteiger partial charge in [0.2, 0.25) is 0 Å². The van der Waals surface area contributed by atoms with Crippen LogP contribution in [0.5, 0.6) is 0 Å². The SMILES string of the molecule is CCOC1=C2CN(SI)[C@H](c3ccccc3)C[C@@H]2N(SI)[C@H](c2ccc(Br)cc2)C1. The maximum absolute atomic E-state index is 6.25. The van der Waals surface area contributed by atoms with Gasteiger partial charge in [-0.05, 0) is 54.8 Å². The molecular formula is C22H23BrI2N2OS2. The van der Waals surface area contributed by atoms with Gasteiger partial charge in [-0.25, -0.2) is 8.61 Å². The van der Waals surface area contributed by atoms with E-state index in [-0.39, 0.29) is 0 Å². The van der Waals surface area contributed by atoms with E-state index < -0.39 is 0 Å². The second-order valence-corrected chi connectivity index (χ2v) is 11.8. The maximum atomic E-state index is 6.25. The summed E-state index contributed by atoms with van der Waals surface area (Å²) in [6.07, 6.45) is 1.99. The Morgan fingerprint density at radius 1 is 0.967 bits per heavy atom. The molecule has 0 amide bonds. The minimum Gasteiger partial charge on any atom is -0.498 e. The van der Waals surface area contributed by atoms with Gasteiger partial charge in [-0.15, -0.1) is 0 Å². The van der Waals surface area contributed by atoms with E-state index in [0.29, 0.717) is 18.1 Å². The molecule has 160 valence electrons. The summed E-state index contributed by atoms with van der Waals surface area (Å²) in [5.41, 5.74) is 4.19. The zero-order valence-corrected chi connectivity index (χ0v) is 24.0. The molecule has 3 atom stereocenters. The van der Waals surface area contributed by atoms with Gasteiger partial charge >= 0.3 is 0 Å². The van der Waals surface area contributed by atoms with Crippen LogP contribution in [0.1, 0.15) is 43.0 Å². The van der Waals surface area contributed by atoms with E-state index in [1.165, 1.54) is 22.5 Å². The second-order valence-electron chi connectivity index (χ2n) is 7.40. The van der Waals surface area contributed by atoms with Crippen LogP contribution in [0.3, 0.4) is 0 Å². The molecule has 2 aromatic rings. The predicted molar refractivity (Wildman–Crippen MR) is 150 cm³/mol. The highest BCUT2D eigenvalue weighted by molar-refractivity contribution is 14.2. The molecule has 0 aliphatic carbocycles. The lowest BCUT2D eigenvalue weighted by atomic mass is 9.84. The van der Waals surface area contributed by atoms with Gasteiger partial charge in [-0.2, -0.15) is 0 Å². The number of piperidine rings is 1. The molecule has 8 heteroatoms. The van der Waals surface area contributed by atoms with Crippen molar-refractivity contribution in [2.75, 3.05) is 13.2 Å². The van der Waals surface area contributed by atoms with Crippen LogP contribution in [0, 0.1) is 0 Å². The van der Waals surface area contributed by atoms with E-state index in [1.54, 1.807) is 0 Å². The second kappa shape index (κ2) is 11.1. The molecule has 0 bridgehead atoms. The smallest absolute Gasteiger partial charge is 0.1000 e. The Balaban J connectivity index is 1.74. The van der Waals surface area contributed by atoms with Crippen molar-refractivity contribution in [3.05, 3.63) is 81.5 Å². The number of rotatable bonds is 6. The first-order valence-electron chi connectivity index (χ1n) is 9.93. The summed E-state index contributed by atoms with van der Waals surface area (Å²) >= 11 is 8.46. The standard InChI is InChI=1S/C22H23BrI2N2OS2/c1-2-28-22-13-20(16-8-10-17(23)11-9-16)27(30-25)21-12-19(15-6-4-3-5-7-15)26(29-24)14-18(21)22/h3-11,19-21H,2,12-14H2,1H3/t19-,20-,21-/m0/s1. The molecule has 0 saturated carbocycles. The Morgan fingerprint density at radius 2 is 1.67 bits per heavy atom. The quantitative estimate of drug-likeness (QED) is 0.219. The number of nitrogens with zero attached hydrogens (tertiary/aromatic N) is 2. The van der Waals surface area contributed by atoms with E-state index >= 15 is 0 Å². The van der Waals surface area contributed by atoms with Crippen molar-refractivity contribution in [2.45, 2.75) is 37.9 Å². The van der Waals surface area contributed by atoms with Crippen LogP contribution >= 0.6 is 76.6 Å². The molecule has 1 fully saturated rings. The van der Waals surface area contributed by atoms with Crippen molar-refractivity contribution in [3.8, 4) is 0 Å². The Morgan fingerprint density at radius 3 is 2.30 bits per heavy atom. The van der Waals surface area contributed by atoms with Crippen LogP contribution in [0.15, 0.2) is 70.4 Å². The highest BCUT2D eigenvalue weighted by Gasteiger charge is 2.44. The molecule has 2 aliphatic heterocycles. The van der Waals surface area contributed by atoms with Gasteiger partial charge in [0.05, 0.1) is 18.4 Å². The number of hydrogen-bond donors (Lipinski definition) is 0. The Labute approximate surface area is 220 Å². The van der Waals surface area contributed by atoms with Crippen molar-refractivity contribution in [3.63, 3.8) is 0 Å². The molecule has 3 nitrogen and oxygen atoms in total. The number of hydrogen-bond acceptors (Lipinski definition) is 5. The van der Waals surface area contributed by atoms with Gasteiger partial charge in [0.15, 0.2) is 0 Å². The first-order valence-corrected chi connectivity index (χ1v) is 17.4. The summed E-state index contributed by atoms with van der Waals surface area (Å²) in [6, 6.07) is 20.8. The predicted octanol–water partition coefficient (Wildman–Crippen LogP) is 8.30. The molecular weight excluding hydrogens is 706 g/mol. The fourth-order valence-corrected chi connectivity index (χ4v) is 8.67. The van der Waals surface area contributed by atoms with Crippen molar-refractivity contribution >= 4 is 76.6 Å². The number of ether oxygens (including phenoxy) is 1. The van der Waals surface area contributed by atoms with Crippen LogP contribution in [-0.2, 0) is 4.74 Å². The van der Waals surface area contributed by atoms with Gasteiger partial charge < -0.3 is 4.74 Å². The number of halogens is 3. The molecule has 1 saturated heterocycles. The fraction of sp³-hybridized carbons (Fsp3) is 0.364. The Hall–Kier alpha value is 0.540. The van der Waals surface area contributed by atoms with Crippen molar-refractivity contribution in [2.24, 2.45) is 0 Å². The zero-order chi connectivity index (χ0) is 21.1. The number of fused-ring (bicyclic) bond motifs is 1. The topological polar surface area (TPSA) is 15.7 Å². The average Bonchev–Trinajstić information content (AvgIpc) is 2.79. The molecule has 0 radical (unpaired) electrons. The van der Waals surface area contributed by atoms with Gasteiger partial charge in [-0.3, -0.25) is 0 Å². The molecule has 0 aromatic heterocycles. The molecule has 2 aromatic carbocycles. The van der Waals surface area contributed by atoms with Gasteiger partial charge in [0.1, 0.15) is 0 Å². The Kier molecular flexibility index (Phi) is 8.77. The largest absolute Gasteiger partial charge is 0.498 e. The first kappa shape index (κ1) is 23.7. The molecule has 2 heterocycles. The van der Waals surface area contributed by atoms with E-state index in [0.717, 1.165) is 30.5 Å². The van der Waals surface area contributed by atoms with Gasteiger partial charge in [0, 0.05) is 77.5 Å². The number of benzene rings is 2. The van der Waals surface area contributed by atoms with Crippen LogP contribution in [0.2, 0.25) is 0 Å². The van der Waals surface area contributed by atoms with Crippen molar-refractivity contribution in [1.82, 2.24) is 8.61 Å². The summed E-state index contributed by atoms with van der Waals surface area (Å²) in [6.45, 7) is 3.75. The van der Waals surface area contributed by atoms with Gasteiger partial charge in [0.25, 0.3) is 0 Å². The monoisotopic (exact) mass is 728 g/mol. The Bertz CT molecular complexity index is 884. The van der Waals surface area contributed by atoms with E-state index in [2.05, 4.69) is 128 Å². The average molecular weight is 729 g/mol. The normalized spacial score (nSPS) is 25.3. The van der Waals surface area contributed by atoms with Crippen LogP contribution < -0.4 is 0 Å².